The molecule has 16 rings (SSSR count). The third-order valence-electron chi connectivity index (χ3n) is 35.5. The molecule has 4 unspecified atom stereocenters. The number of fused-ring (bicyclic) bond motifs is 12. The van der Waals surface area contributed by atoms with Crippen LogP contribution in [-0.2, 0) is 57.3 Å². The van der Waals surface area contributed by atoms with Crippen LogP contribution in [0.4, 0.5) is 0 Å². The fourth-order valence-corrected chi connectivity index (χ4v) is 27.4. The predicted molar refractivity (Wildman–Crippen MR) is 464 cm³/mol. The minimum Gasteiger partial charge on any atom is -0.870 e. The number of carbonyl (C=O) groups is 8. The van der Waals surface area contributed by atoms with Crippen LogP contribution in [0.25, 0.3) is 0 Å². The minimum absolute atomic E-state index is 0. The molecule has 8 saturated carbocycles. The number of rotatable bonds is 12. The predicted octanol–water partition coefficient (Wildman–Crippen LogP) is 5.33. The van der Waals surface area contributed by atoms with Gasteiger partial charge in [-0.1, -0.05) is 156 Å². The molecule has 0 aliphatic heterocycles. The first-order valence-electron chi connectivity index (χ1n) is 44.7. The summed E-state index contributed by atoms with van der Waals surface area (Å²) in [7, 11) is 0. The Kier molecular flexibility index (Phi) is 27.6. The summed E-state index contributed by atoms with van der Waals surface area (Å²) in [6.45, 7) is 43.7. The van der Waals surface area contributed by atoms with Crippen LogP contribution in [0.3, 0.4) is 0 Å². The Balaban J connectivity index is 0.000000176. The molecule has 8 fully saturated rings. The summed E-state index contributed by atoms with van der Waals surface area (Å²) in [5.74, 6) is -4.44. The Labute approximate surface area is 758 Å². The van der Waals surface area contributed by atoms with E-state index in [-0.39, 0.29) is 163 Å². The summed E-state index contributed by atoms with van der Waals surface area (Å²) in [5, 5.41) is 135. The van der Waals surface area contributed by atoms with Crippen molar-refractivity contribution in [3.8, 4) is 0 Å². The standard InChI is InChI=1S/C30H40O7.2C25H34O6.C20H28O5.Li.2H2O/c1-9-15(3)26(33)36-14-19-12-20-22-21(28(22,7)8)11-18(6)29(24(20)32)13-17(5)25(30(29,35)23(19)31)37-27(34)16(4)10-2;1-7-12(2)22(29)31-21-15(11-26)9-16-18-17(23(18,5)6)8-14(4)24(20(16)28)10-13(3)19(27)25(21,24)30;1-7-12(2)22(29)31-11-15-9-16-18-17(23(18,5)6)8-14(4)24(21(16)28)10-13(3)19(26)25(24,30)20(15)27;1-9-7-19-10(2)5-13-14(18(13,3)4)12(17(19)24)6-11(8-21)16(23)20(19,25)15(9)22;;;/h9-10,12-13,18,20-23,25,31,35H,11,14H2,1-8H3;7,9-10,14,16-19,21,26-27,30H,8,11H2,1-6H3;7,9-10,14,16-20,26-27,30H,8,11H2,1-6H3;6-7,10,12-16,21-23,25H,5,8H2,1-4H3;;2*1H2/q;;;;+1;;/p-1/b15-9-,16-10-;2*12-7-;;;;/t18-,20+,21-,22+,23-,25+,29?,30+;14-,16+,17-,18+,19+,21-,24?,25-;14-,16+,17-,18+,19+,20-,24?,25-;10-,12+,13-,14+,15+,16-,19?,20-;;;/m1111.../s1. The third-order valence-corrected chi connectivity index (χ3v) is 35.5. The second kappa shape index (κ2) is 34.2. The van der Waals surface area contributed by atoms with Crippen molar-refractivity contribution >= 4 is 47.0 Å². The van der Waals surface area contributed by atoms with Crippen LogP contribution in [0.15, 0.2) is 140 Å². The molecule has 15 N–H and O–H groups in total. The number of allylic oxidation sites excluding steroid dienone is 8. The molecule has 0 amide bonds. The SMILES string of the molecule is C/C=C(/C)C(=O)OCC1=C[C@@H]2C(=O)C3(C=C(C)[C@H](O)[C@@]3(O)[C@@H]1O)[C@H](C)C[C@@H]1[C@H]2C1(C)C.C/C=C(/C)C(=O)OCC1=C[C@@H]2C(=O)C3(C=C(C)[C@H](OC(=O)/C(C)=C\C)[C@@]3(O)[C@@H]1O)[C@H](C)C[C@@H]1[C@H]2C1(C)C.C/C=C(/C)C(=O)O[C@@H]1C(CO)=C[C@@H]2C(=O)C3(C=C(C)[C@H](O)[C@@]13O)[C@H](C)C[C@@H]1[C@H]2C1(C)C.CC1=CC23C(=O)[C@@H](C=C(CO)[C@@H](O)[C@]2(O)[C@H]1O)[C@H]1[C@@H](C[C@H]3C)C1(C)C.O.[Li+].[OH-]. The number of aliphatic hydroxyl groups is 12. The summed E-state index contributed by atoms with van der Waals surface area (Å²) in [6, 6.07) is 0. The number of ketones is 4. The van der Waals surface area contributed by atoms with Crippen LogP contribution < -0.4 is 18.9 Å². The zero-order valence-electron chi connectivity index (χ0n) is 78.7. The van der Waals surface area contributed by atoms with Crippen molar-refractivity contribution in [2.24, 2.45) is 138 Å². The van der Waals surface area contributed by atoms with Crippen molar-refractivity contribution in [2.45, 2.75) is 263 Å². The Morgan fingerprint density at radius 1 is 0.370 bits per heavy atom. The van der Waals surface area contributed by atoms with Crippen molar-refractivity contribution in [1.29, 1.82) is 0 Å². The summed E-state index contributed by atoms with van der Waals surface area (Å²) in [6.07, 6.45) is 11.8. The fourth-order valence-electron chi connectivity index (χ4n) is 27.4. The second-order valence-corrected chi connectivity index (χ2v) is 42.6. The number of esters is 4. The van der Waals surface area contributed by atoms with Gasteiger partial charge in [-0.15, -0.1) is 0 Å². The van der Waals surface area contributed by atoms with E-state index < -0.39 is 154 Å². The zero-order valence-corrected chi connectivity index (χ0v) is 78.7. The molecule has 26 nitrogen and oxygen atoms in total. The molecule has 32 atom stereocenters. The molecule has 27 heteroatoms. The van der Waals surface area contributed by atoms with Crippen LogP contribution in [-0.4, -0.2) is 217 Å². The van der Waals surface area contributed by atoms with Gasteiger partial charge in [0.2, 0.25) is 0 Å². The molecule has 8 bridgehead atoms. The maximum Gasteiger partial charge on any atom is 1.00 e. The van der Waals surface area contributed by atoms with Crippen molar-refractivity contribution < 1.29 is 148 Å². The molecular formula is C100H139LiO26. The molecule has 127 heavy (non-hydrogen) atoms. The topological polar surface area (TPSA) is 478 Å². The third kappa shape index (κ3) is 14.0. The first kappa shape index (κ1) is 103. The van der Waals surface area contributed by atoms with E-state index in [1.54, 1.807) is 156 Å². The van der Waals surface area contributed by atoms with E-state index in [0.29, 0.717) is 68.8 Å². The minimum atomic E-state index is -2.15. The normalized spacial score (nSPS) is 44.5. The summed E-state index contributed by atoms with van der Waals surface area (Å²) < 4.78 is 22.5. The van der Waals surface area contributed by atoms with Crippen LogP contribution in [0.5, 0.6) is 0 Å². The molecule has 0 aromatic heterocycles. The Hall–Kier alpha value is -6.52. The average Bonchev–Trinajstić information content (AvgIpc) is 1.51. The summed E-state index contributed by atoms with van der Waals surface area (Å²) in [5.41, 5.74) is -9.44. The number of carbonyl (C=O) groups excluding carboxylic acids is 8. The molecule has 0 saturated heterocycles. The van der Waals surface area contributed by atoms with Gasteiger partial charge in [0.1, 0.15) is 61.0 Å². The number of Topliss-reactive ketones (excluding diaryl/α,β-unsaturated/α-hetero) is 4. The summed E-state index contributed by atoms with van der Waals surface area (Å²) >= 11 is 0. The van der Waals surface area contributed by atoms with E-state index >= 15 is 0 Å². The van der Waals surface area contributed by atoms with E-state index in [1.165, 1.54) is 0 Å². The van der Waals surface area contributed by atoms with E-state index in [0.717, 1.165) is 19.3 Å². The molecule has 16 aliphatic rings. The van der Waals surface area contributed by atoms with Gasteiger partial charge >= 0.3 is 42.7 Å². The van der Waals surface area contributed by atoms with Crippen LogP contribution in [0.2, 0.25) is 0 Å². The van der Waals surface area contributed by atoms with Gasteiger partial charge in [-0.2, -0.15) is 0 Å². The van der Waals surface area contributed by atoms with Crippen LogP contribution in [0.1, 0.15) is 192 Å². The first-order valence-corrected chi connectivity index (χ1v) is 44.7. The molecule has 0 radical (unpaired) electrons. The zero-order chi connectivity index (χ0) is 92.4. The maximum absolute atomic E-state index is 14.5. The molecule has 16 aliphatic carbocycles. The maximum atomic E-state index is 14.5. The monoisotopic (exact) mass is 1760 g/mol. The second-order valence-electron chi connectivity index (χ2n) is 42.6. The molecule has 696 valence electrons. The number of ether oxygens (including phenoxy) is 4. The van der Waals surface area contributed by atoms with Gasteiger partial charge in [0, 0.05) is 46.0 Å². The fraction of sp³-hybridized carbons (Fsp3) is 0.680. The van der Waals surface area contributed by atoms with Crippen molar-refractivity contribution in [2.75, 3.05) is 26.4 Å². The van der Waals surface area contributed by atoms with Gasteiger partial charge in [-0.25, -0.2) is 19.2 Å². The number of aliphatic hydroxyl groups excluding tert-OH is 8. The summed E-state index contributed by atoms with van der Waals surface area (Å²) in [4.78, 5) is 107. The largest absolute Gasteiger partial charge is 1.00 e. The average molecular weight is 1760 g/mol. The van der Waals surface area contributed by atoms with E-state index in [9.17, 15) is 99.6 Å². The Morgan fingerprint density at radius 3 is 0.890 bits per heavy atom. The van der Waals surface area contributed by atoms with Crippen LogP contribution >= 0.6 is 0 Å². The first-order chi connectivity index (χ1) is 57.5. The van der Waals surface area contributed by atoms with E-state index in [2.05, 4.69) is 55.4 Å². The molecule has 0 aromatic carbocycles. The van der Waals surface area contributed by atoms with Gasteiger partial charge < -0.3 is 91.2 Å². The number of hydrogen-bond donors (Lipinski definition) is 12. The van der Waals surface area contributed by atoms with Gasteiger partial charge in [0.25, 0.3) is 0 Å². The Bertz CT molecular complexity index is 4890. The molecule has 0 heterocycles. The van der Waals surface area contributed by atoms with Gasteiger partial charge in [0.15, 0.2) is 46.5 Å². The molecule has 4 spiro atoms. The van der Waals surface area contributed by atoms with Crippen molar-refractivity contribution in [3.05, 3.63) is 140 Å². The van der Waals surface area contributed by atoms with E-state index in [4.69, 9.17) is 18.9 Å². The number of hydrogen-bond acceptors (Lipinski definition) is 25. The smallest absolute Gasteiger partial charge is 0.870 e. The van der Waals surface area contributed by atoms with Gasteiger partial charge in [0.05, 0.1) is 34.9 Å². The van der Waals surface area contributed by atoms with Crippen LogP contribution in [0, 0.1) is 138 Å². The molecular weight excluding hydrogens is 1620 g/mol. The van der Waals surface area contributed by atoms with Crippen molar-refractivity contribution in [3.63, 3.8) is 0 Å². The van der Waals surface area contributed by atoms with Crippen molar-refractivity contribution in [1.82, 2.24) is 0 Å². The van der Waals surface area contributed by atoms with Gasteiger partial charge in [-0.3, -0.25) is 19.2 Å². The Morgan fingerprint density at radius 2 is 0.598 bits per heavy atom. The molecule has 0 aromatic rings. The quantitative estimate of drug-likeness (QED) is 0.0386. The van der Waals surface area contributed by atoms with Gasteiger partial charge in [-0.05, 0) is 246 Å². The van der Waals surface area contributed by atoms with E-state index in [1.807, 2.05) is 27.7 Å².